The number of carbonyl (C=O) groups excluding carboxylic acids is 1. The molecule has 0 spiro atoms. The molecule has 102 valence electrons. The lowest BCUT2D eigenvalue weighted by molar-refractivity contribution is -0.121. The Hall–Kier alpha value is -1.09. The molecule has 3 nitrogen and oxygen atoms in total. The molecule has 1 unspecified atom stereocenters. The van der Waals surface area contributed by atoms with E-state index in [4.69, 9.17) is 4.74 Å². The Morgan fingerprint density at radius 3 is 2.83 bits per heavy atom. The number of hydrogen-bond donors (Lipinski definition) is 1. The summed E-state index contributed by atoms with van der Waals surface area (Å²) in [4.78, 5) is 12.1. The van der Waals surface area contributed by atoms with Crippen LogP contribution in [-0.4, -0.2) is 24.1 Å². The number of allylic oxidation sites excluding steroid dienone is 2. The maximum Gasteiger partial charge on any atom is 0.162 e. The van der Waals surface area contributed by atoms with Crippen LogP contribution >= 0.6 is 0 Å². The first kappa shape index (κ1) is 15.0. The zero-order valence-corrected chi connectivity index (χ0v) is 11.6. The molecule has 0 saturated heterocycles. The molecule has 18 heavy (non-hydrogen) atoms. The topological polar surface area (TPSA) is 46.5 Å². The summed E-state index contributed by atoms with van der Waals surface area (Å²) in [6.45, 7) is 7.64. The van der Waals surface area contributed by atoms with Crippen molar-refractivity contribution in [2.24, 2.45) is 11.8 Å². The molecule has 1 N–H and O–H groups in total. The molecule has 0 saturated carbocycles. The molecule has 1 aliphatic rings. The minimum absolute atomic E-state index is 0.0166. The summed E-state index contributed by atoms with van der Waals surface area (Å²) in [5, 5.41) is 9.75. The van der Waals surface area contributed by atoms with Gasteiger partial charge in [-0.25, -0.2) is 0 Å². The van der Waals surface area contributed by atoms with Gasteiger partial charge in [-0.3, -0.25) is 4.79 Å². The molecule has 0 fully saturated rings. The van der Waals surface area contributed by atoms with Crippen molar-refractivity contribution in [2.45, 2.75) is 45.6 Å². The molecule has 0 heterocycles. The first-order valence-electron chi connectivity index (χ1n) is 6.61. The summed E-state index contributed by atoms with van der Waals surface area (Å²) in [5.41, 5.74) is 0.763. The number of ether oxygens (including phenoxy) is 1. The second-order valence-electron chi connectivity index (χ2n) is 5.14. The van der Waals surface area contributed by atoms with Crippen molar-refractivity contribution in [3.8, 4) is 0 Å². The van der Waals surface area contributed by atoms with Gasteiger partial charge >= 0.3 is 0 Å². The van der Waals surface area contributed by atoms with Crippen LogP contribution in [0.15, 0.2) is 24.0 Å². The normalized spacial score (nSPS) is 25.6. The van der Waals surface area contributed by atoms with E-state index >= 15 is 0 Å². The van der Waals surface area contributed by atoms with Gasteiger partial charge in [0.15, 0.2) is 5.78 Å². The van der Waals surface area contributed by atoms with Crippen LogP contribution in [0.25, 0.3) is 0 Å². The minimum Gasteiger partial charge on any atom is -0.501 e. The van der Waals surface area contributed by atoms with Gasteiger partial charge in [-0.2, -0.15) is 0 Å². The van der Waals surface area contributed by atoms with Crippen LogP contribution < -0.4 is 0 Å². The Kier molecular flexibility index (Phi) is 5.60. The summed E-state index contributed by atoms with van der Waals surface area (Å²) in [6.07, 6.45) is 4.23. The fraction of sp³-hybridized carbons (Fsp3) is 0.667. The predicted molar refractivity (Wildman–Crippen MR) is 72.0 cm³/mol. The molecule has 0 amide bonds. The smallest absolute Gasteiger partial charge is 0.162 e. The quantitative estimate of drug-likeness (QED) is 0.739. The Balaban J connectivity index is 2.65. The third-order valence-corrected chi connectivity index (χ3v) is 3.81. The maximum absolute atomic E-state index is 12.1. The molecule has 0 bridgehead atoms. The molecule has 0 aliphatic heterocycles. The van der Waals surface area contributed by atoms with E-state index in [9.17, 15) is 9.90 Å². The summed E-state index contributed by atoms with van der Waals surface area (Å²) in [5.74, 6) is 1.26. The average molecular weight is 252 g/mol. The Morgan fingerprint density at radius 2 is 2.33 bits per heavy atom. The Labute approximate surface area is 110 Å². The Morgan fingerprint density at radius 1 is 1.67 bits per heavy atom. The predicted octanol–water partition coefficient (Wildman–Crippen LogP) is 2.85. The van der Waals surface area contributed by atoms with Gasteiger partial charge in [0, 0.05) is 18.4 Å². The van der Waals surface area contributed by atoms with E-state index in [2.05, 4.69) is 13.5 Å². The lowest BCUT2D eigenvalue weighted by Crippen LogP contribution is -2.28. The van der Waals surface area contributed by atoms with Crippen LogP contribution in [-0.2, 0) is 9.53 Å². The highest BCUT2D eigenvalue weighted by atomic mass is 16.5. The molecule has 1 aliphatic carbocycles. The molecule has 0 aromatic heterocycles. The molecule has 3 heteroatoms. The lowest BCUT2D eigenvalue weighted by Gasteiger charge is -2.29. The van der Waals surface area contributed by atoms with E-state index < -0.39 is 6.10 Å². The third-order valence-electron chi connectivity index (χ3n) is 3.81. The van der Waals surface area contributed by atoms with E-state index in [1.807, 2.05) is 6.92 Å². The second-order valence-corrected chi connectivity index (χ2v) is 5.14. The van der Waals surface area contributed by atoms with Crippen molar-refractivity contribution in [2.75, 3.05) is 7.11 Å². The van der Waals surface area contributed by atoms with Crippen molar-refractivity contribution >= 4 is 5.78 Å². The van der Waals surface area contributed by atoms with Crippen molar-refractivity contribution in [3.63, 3.8) is 0 Å². The van der Waals surface area contributed by atoms with Crippen molar-refractivity contribution in [3.05, 3.63) is 24.0 Å². The molecule has 1 rings (SSSR count). The molecule has 0 aromatic carbocycles. The van der Waals surface area contributed by atoms with Gasteiger partial charge in [-0.05, 0) is 25.7 Å². The van der Waals surface area contributed by atoms with Gasteiger partial charge in [0.2, 0.25) is 0 Å². The number of carbonyl (C=O) groups is 1. The number of methoxy groups -OCH3 is 1. The number of aliphatic hydroxyl groups excluding tert-OH is 1. The first-order valence-corrected chi connectivity index (χ1v) is 6.61. The van der Waals surface area contributed by atoms with Gasteiger partial charge in [0.05, 0.1) is 19.0 Å². The fourth-order valence-corrected chi connectivity index (χ4v) is 2.49. The number of aliphatic hydroxyl groups is 1. The van der Waals surface area contributed by atoms with Crippen LogP contribution in [0, 0.1) is 11.8 Å². The van der Waals surface area contributed by atoms with E-state index in [1.165, 1.54) is 0 Å². The summed E-state index contributed by atoms with van der Waals surface area (Å²) < 4.78 is 5.18. The summed E-state index contributed by atoms with van der Waals surface area (Å²) >= 11 is 0. The SMILES string of the molecule is C=C(C)[C@H](O)CCC1C(=O)C=C(OC)C[C@@H]1CC. The van der Waals surface area contributed by atoms with Crippen molar-refractivity contribution in [1.29, 1.82) is 0 Å². The number of rotatable bonds is 6. The first-order chi connectivity index (χ1) is 8.49. The van der Waals surface area contributed by atoms with E-state index in [-0.39, 0.29) is 11.7 Å². The largest absolute Gasteiger partial charge is 0.501 e. The van der Waals surface area contributed by atoms with Crippen LogP contribution in [0.4, 0.5) is 0 Å². The van der Waals surface area contributed by atoms with Crippen LogP contribution in [0.5, 0.6) is 0 Å². The zero-order chi connectivity index (χ0) is 13.7. The van der Waals surface area contributed by atoms with Gasteiger partial charge in [-0.1, -0.05) is 25.5 Å². The van der Waals surface area contributed by atoms with E-state index in [0.29, 0.717) is 12.3 Å². The number of ketones is 1. The standard InChI is InChI=1S/C15H24O3/c1-5-11-8-12(18-4)9-15(17)13(11)6-7-14(16)10(2)3/h9,11,13-14,16H,2,5-8H2,1,3-4H3/t11-,13?,14+/m0/s1. The summed E-state index contributed by atoms with van der Waals surface area (Å²) in [6, 6.07) is 0. The fourth-order valence-electron chi connectivity index (χ4n) is 2.49. The van der Waals surface area contributed by atoms with Crippen molar-refractivity contribution in [1.82, 2.24) is 0 Å². The Bertz CT molecular complexity index is 344. The third kappa shape index (κ3) is 3.70. The van der Waals surface area contributed by atoms with Gasteiger partial charge in [0.1, 0.15) is 0 Å². The minimum atomic E-state index is -0.497. The lowest BCUT2D eigenvalue weighted by atomic mass is 9.76. The summed E-state index contributed by atoms with van der Waals surface area (Å²) in [7, 11) is 1.61. The van der Waals surface area contributed by atoms with Gasteiger partial charge in [0.25, 0.3) is 0 Å². The van der Waals surface area contributed by atoms with E-state index in [1.54, 1.807) is 13.2 Å². The van der Waals surface area contributed by atoms with Gasteiger partial charge in [-0.15, -0.1) is 0 Å². The van der Waals surface area contributed by atoms with Crippen LogP contribution in [0.1, 0.15) is 39.5 Å². The average Bonchev–Trinajstić information content (AvgIpc) is 2.35. The molecule has 0 aromatic rings. The highest BCUT2D eigenvalue weighted by Crippen LogP contribution is 2.33. The van der Waals surface area contributed by atoms with Crippen LogP contribution in [0.2, 0.25) is 0 Å². The van der Waals surface area contributed by atoms with Gasteiger partial charge < -0.3 is 9.84 Å². The molecule has 0 radical (unpaired) electrons. The van der Waals surface area contributed by atoms with Crippen molar-refractivity contribution < 1.29 is 14.6 Å². The maximum atomic E-state index is 12.1. The van der Waals surface area contributed by atoms with Crippen LogP contribution in [0.3, 0.4) is 0 Å². The molecule has 3 atom stereocenters. The monoisotopic (exact) mass is 252 g/mol. The molecular formula is C15H24O3. The van der Waals surface area contributed by atoms with E-state index in [0.717, 1.165) is 30.6 Å². The number of hydrogen-bond acceptors (Lipinski definition) is 3. The zero-order valence-electron chi connectivity index (χ0n) is 11.6. The molecular weight excluding hydrogens is 228 g/mol. The highest BCUT2D eigenvalue weighted by Gasteiger charge is 2.31. The second kappa shape index (κ2) is 6.74. The highest BCUT2D eigenvalue weighted by molar-refractivity contribution is 5.93.